The first-order chi connectivity index (χ1) is 9.06. The Hall–Kier alpha value is -1.59. The first-order valence-electron chi connectivity index (χ1n) is 5.39. The average Bonchev–Trinajstić information content (AvgIpc) is 2.39. The van der Waals surface area contributed by atoms with E-state index in [9.17, 15) is 4.79 Å². The molecule has 1 aromatic heterocycles. The van der Waals surface area contributed by atoms with Gasteiger partial charge in [-0.3, -0.25) is 4.79 Å². The highest BCUT2D eigenvalue weighted by molar-refractivity contribution is 9.10. The summed E-state index contributed by atoms with van der Waals surface area (Å²) in [7, 11) is 0. The molecule has 2 N–H and O–H groups in total. The molecule has 0 aliphatic heterocycles. The molecule has 0 aliphatic carbocycles. The van der Waals surface area contributed by atoms with Gasteiger partial charge in [-0.05, 0) is 40.2 Å². The van der Waals surface area contributed by atoms with Crippen LogP contribution < -0.4 is 10.5 Å². The highest BCUT2D eigenvalue weighted by atomic mass is 79.9. The SMILES string of the molecule is NC(=O)c1ccc(COc2ccc(Br)nc2)c(Cl)c1. The molecule has 0 saturated carbocycles. The van der Waals surface area contributed by atoms with Crippen molar-refractivity contribution < 1.29 is 9.53 Å². The molecule has 98 valence electrons. The number of nitrogens with two attached hydrogens (primary N) is 1. The number of halogens is 2. The quantitative estimate of drug-likeness (QED) is 0.869. The van der Waals surface area contributed by atoms with Gasteiger partial charge in [0.25, 0.3) is 0 Å². The van der Waals surface area contributed by atoms with E-state index < -0.39 is 5.91 Å². The smallest absolute Gasteiger partial charge is 0.248 e. The molecule has 1 aromatic carbocycles. The van der Waals surface area contributed by atoms with Crippen molar-refractivity contribution >= 4 is 33.4 Å². The first-order valence-corrected chi connectivity index (χ1v) is 6.56. The molecule has 0 spiro atoms. The Morgan fingerprint density at radius 3 is 2.74 bits per heavy atom. The number of pyridine rings is 1. The second kappa shape index (κ2) is 6.04. The van der Waals surface area contributed by atoms with Crippen LogP contribution in [0.5, 0.6) is 5.75 Å². The summed E-state index contributed by atoms with van der Waals surface area (Å²) >= 11 is 9.30. The fraction of sp³-hybridized carbons (Fsp3) is 0.0769. The Morgan fingerprint density at radius 1 is 1.37 bits per heavy atom. The largest absolute Gasteiger partial charge is 0.487 e. The van der Waals surface area contributed by atoms with Crippen LogP contribution in [0.3, 0.4) is 0 Å². The molecule has 0 aliphatic rings. The first kappa shape index (κ1) is 13.8. The number of rotatable bonds is 4. The fourth-order valence-corrected chi connectivity index (χ4v) is 1.90. The number of nitrogens with zero attached hydrogens (tertiary/aromatic N) is 1. The van der Waals surface area contributed by atoms with Crippen LogP contribution >= 0.6 is 27.5 Å². The maximum atomic E-state index is 11.0. The van der Waals surface area contributed by atoms with Crippen molar-refractivity contribution in [3.05, 3.63) is 57.3 Å². The van der Waals surface area contributed by atoms with Crippen LogP contribution in [0.4, 0.5) is 0 Å². The average molecular weight is 342 g/mol. The van der Waals surface area contributed by atoms with E-state index in [2.05, 4.69) is 20.9 Å². The van der Waals surface area contributed by atoms with Crippen molar-refractivity contribution in [1.29, 1.82) is 0 Å². The molecule has 1 amide bonds. The topological polar surface area (TPSA) is 65.2 Å². The van der Waals surface area contributed by atoms with Crippen molar-refractivity contribution in [2.24, 2.45) is 5.73 Å². The molecule has 0 radical (unpaired) electrons. The van der Waals surface area contributed by atoms with E-state index in [1.165, 1.54) is 6.07 Å². The van der Waals surface area contributed by atoms with Gasteiger partial charge in [0.15, 0.2) is 0 Å². The molecule has 6 heteroatoms. The molecule has 1 heterocycles. The molecule has 0 unspecified atom stereocenters. The number of carbonyl (C=O) groups excluding carboxylic acids is 1. The summed E-state index contributed by atoms with van der Waals surface area (Å²) in [5, 5.41) is 0.446. The zero-order chi connectivity index (χ0) is 13.8. The van der Waals surface area contributed by atoms with Gasteiger partial charge in [0.1, 0.15) is 17.0 Å². The van der Waals surface area contributed by atoms with Gasteiger partial charge in [0, 0.05) is 16.1 Å². The maximum Gasteiger partial charge on any atom is 0.248 e. The second-order valence-corrected chi connectivity index (χ2v) is 5.00. The number of hydrogen-bond acceptors (Lipinski definition) is 3. The third-order valence-corrected chi connectivity index (χ3v) is 3.25. The van der Waals surface area contributed by atoms with Gasteiger partial charge in [-0.15, -0.1) is 0 Å². The van der Waals surface area contributed by atoms with Crippen molar-refractivity contribution in [2.45, 2.75) is 6.61 Å². The van der Waals surface area contributed by atoms with Crippen molar-refractivity contribution in [2.75, 3.05) is 0 Å². The lowest BCUT2D eigenvalue weighted by Crippen LogP contribution is -2.11. The van der Waals surface area contributed by atoms with Crippen LogP contribution in [-0.2, 0) is 6.61 Å². The zero-order valence-corrected chi connectivity index (χ0v) is 12.1. The Labute approximate surface area is 123 Å². The van der Waals surface area contributed by atoms with Gasteiger partial charge in [-0.2, -0.15) is 0 Å². The second-order valence-electron chi connectivity index (χ2n) is 3.78. The highest BCUT2D eigenvalue weighted by Crippen LogP contribution is 2.20. The van der Waals surface area contributed by atoms with Gasteiger partial charge in [0.05, 0.1) is 6.20 Å². The van der Waals surface area contributed by atoms with E-state index in [1.807, 2.05) is 0 Å². The molecule has 2 rings (SSSR count). The number of carbonyl (C=O) groups is 1. The Bertz CT molecular complexity index is 602. The lowest BCUT2D eigenvalue weighted by molar-refractivity contribution is 0.1000. The predicted octanol–water partition coefficient (Wildman–Crippen LogP) is 3.18. The molecule has 4 nitrogen and oxygen atoms in total. The number of primary amides is 1. The zero-order valence-electron chi connectivity index (χ0n) is 9.77. The van der Waals surface area contributed by atoms with Gasteiger partial charge < -0.3 is 10.5 Å². The van der Waals surface area contributed by atoms with E-state index in [-0.39, 0.29) is 0 Å². The minimum absolute atomic E-state index is 0.293. The third kappa shape index (κ3) is 3.68. The highest BCUT2D eigenvalue weighted by Gasteiger charge is 2.06. The van der Waals surface area contributed by atoms with E-state index in [1.54, 1.807) is 30.5 Å². The molecule has 0 atom stereocenters. The Kier molecular flexibility index (Phi) is 4.39. The molecule has 0 bridgehead atoms. The number of aromatic nitrogens is 1. The molecule has 0 saturated heterocycles. The minimum Gasteiger partial charge on any atom is -0.487 e. The summed E-state index contributed by atoms with van der Waals surface area (Å²) in [5.41, 5.74) is 6.32. The summed E-state index contributed by atoms with van der Waals surface area (Å²) in [6, 6.07) is 8.44. The monoisotopic (exact) mass is 340 g/mol. The van der Waals surface area contributed by atoms with Crippen LogP contribution in [0.25, 0.3) is 0 Å². The minimum atomic E-state index is -0.508. The molecular weight excluding hydrogens is 332 g/mol. The van der Waals surface area contributed by atoms with E-state index >= 15 is 0 Å². The summed E-state index contributed by atoms with van der Waals surface area (Å²) < 4.78 is 6.28. The van der Waals surface area contributed by atoms with E-state index in [4.69, 9.17) is 22.1 Å². The molecule has 19 heavy (non-hydrogen) atoms. The predicted molar refractivity (Wildman–Crippen MR) is 76.2 cm³/mol. The Morgan fingerprint density at radius 2 is 2.16 bits per heavy atom. The number of hydrogen-bond donors (Lipinski definition) is 1. The number of ether oxygens (including phenoxy) is 1. The fourth-order valence-electron chi connectivity index (χ4n) is 1.43. The van der Waals surface area contributed by atoms with Gasteiger partial charge in [-0.1, -0.05) is 17.7 Å². The lowest BCUT2D eigenvalue weighted by atomic mass is 10.1. The van der Waals surface area contributed by atoms with E-state index in [0.29, 0.717) is 22.9 Å². The van der Waals surface area contributed by atoms with Gasteiger partial charge in [-0.25, -0.2) is 4.98 Å². The third-order valence-electron chi connectivity index (χ3n) is 2.43. The summed E-state index contributed by atoms with van der Waals surface area (Å²) in [6.07, 6.45) is 1.61. The number of benzene rings is 1. The maximum absolute atomic E-state index is 11.0. The van der Waals surface area contributed by atoms with Crippen LogP contribution in [0, 0.1) is 0 Å². The van der Waals surface area contributed by atoms with Crippen LogP contribution in [0.1, 0.15) is 15.9 Å². The molecular formula is C13H10BrClN2O2. The summed E-state index contributed by atoms with van der Waals surface area (Å²) in [6.45, 7) is 0.293. The Balaban J connectivity index is 2.07. The van der Waals surface area contributed by atoms with Gasteiger partial charge >= 0.3 is 0 Å². The standard InChI is InChI=1S/C13H10BrClN2O2/c14-12-4-3-10(6-17-12)19-7-9-2-1-8(13(16)18)5-11(9)15/h1-6H,7H2,(H2,16,18). The summed E-state index contributed by atoms with van der Waals surface area (Å²) in [5.74, 6) is 0.129. The van der Waals surface area contributed by atoms with Crippen molar-refractivity contribution in [1.82, 2.24) is 4.98 Å². The molecule has 0 fully saturated rings. The van der Waals surface area contributed by atoms with E-state index in [0.717, 1.165) is 10.2 Å². The lowest BCUT2D eigenvalue weighted by Gasteiger charge is -2.08. The van der Waals surface area contributed by atoms with Gasteiger partial charge in [0.2, 0.25) is 5.91 Å². The number of amides is 1. The van der Waals surface area contributed by atoms with Crippen molar-refractivity contribution in [3.63, 3.8) is 0 Å². The molecule has 2 aromatic rings. The van der Waals surface area contributed by atoms with Crippen LogP contribution in [0.15, 0.2) is 41.1 Å². The summed E-state index contributed by atoms with van der Waals surface area (Å²) in [4.78, 5) is 15.0. The van der Waals surface area contributed by atoms with Crippen LogP contribution in [-0.4, -0.2) is 10.9 Å². The van der Waals surface area contributed by atoms with Crippen LogP contribution in [0.2, 0.25) is 5.02 Å². The van der Waals surface area contributed by atoms with Crippen molar-refractivity contribution in [3.8, 4) is 5.75 Å². The normalized spacial score (nSPS) is 10.2.